The highest BCUT2D eigenvalue weighted by Gasteiger charge is 2.49. The monoisotopic (exact) mass is 336 g/mol. The van der Waals surface area contributed by atoms with E-state index in [1.165, 1.54) is 18.4 Å². The minimum Gasteiger partial charge on any atom is -0.497 e. The van der Waals surface area contributed by atoms with Gasteiger partial charge in [0.25, 0.3) is 0 Å². The van der Waals surface area contributed by atoms with Crippen molar-refractivity contribution in [3.8, 4) is 5.75 Å². The number of anilines is 1. The van der Waals surface area contributed by atoms with Crippen LogP contribution in [-0.2, 0) is 4.79 Å². The van der Waals surface area contributed by atoms with Crippen LogP contribution in [0.3, 0.4) is 0 Å². The van der Waals surface area contributed by atoms with Crippen LogP contribution in [0.5, 0.6) is 5.75 Å². The van der Waals surface area contributed by atoms with Gasteiger partial charge in [0.2, 0.25) is 5.91 Å². The van der Waals surface area contributed by atoms with Gasteiger partial charge in [-0.3, -0.25) is 4.79 Å². The Morgan fingerprint density at radius 1 is 1.00 bits per heavy atom. The lowest BCUT2D eigenvalue weighted by atomic mass is 9.81. The van der Waals surface area contributed by atoms with E-state index in [1.54, 1.807) is 7.11 Å². The normalized spacial score (nSPS) is 23.6. The first-order valence-corrected chi connectivity index (χ1v) is 9.02. The molecule has 4 nitrogen and oxygen atoms in total. The van der Waals surface area contributed by atoms with Gasteiger partial charge < -0.3 is 14.5 Å². The second kappa shape index (κ2) is 6.89. The van der Waals surface area contributed by atoms with Crippen LogP contribution in [0.25, 0.3) is 0 Å². The maximum Gasteiger partial charge on any atom is 0.234 e. The number of ether oxygens (including phenoxy) is 1. The average Bonchev–Trinajstić information content (AvgIpc) is 3.18. The van der Waals surface area contributed by atoms with Gasteiger partial charge in [0, 0.05) is 12.2 Å². The third-order valence-electron chi connectivity index (χ3n) is 5.36. The molecule has 0 spiro atoms. The summed E-state index contributed by atoms with van der Waals surface area (Å²) in [6.45, 7) is 3.09. The number of rotatable bonds is 5. The van der Waals surface area contributed by atoms with E-state index in [-0.39, 0.29) is 17.9 Å². The highest BCUT2D eigenvalue weighted by Crippen LogP contribution is 2.44. The van der Waals surface area contributed by atoms with Gasteiger partial charge in [-0.1, -0.05) is 30.3 Å². The van der Waals surface area contributed by atoms with E-state index in [2.05, 4.69) is 17.0 Å². The van der Waals surface area contributed by atoms with Gasteiger partial charge in [-0.15, -0.1) is 0 Å². The van der Waals surface area contributed by atoms with Crippen molar-refractivity contribution in [3.05, 3.63) is 60.2 Å². The molecule has 0 saturated carbocycles. The fourth-order valence-electron chi connectivity index (χ4n) is 4.03. The average molecular weight is 336 g/mol. The van der Waals surface area contributed by atoms with Crippen LogP contribution in [0.2, 0.25) is 0 Å². The van der Waals surface area contributed by atoms with E-state index in [1.807, 2.05) is 47.4 Å². The fourth-order valence-corrected chi connectivity index (χ4v) is 4.03. The summed E-state index contributed by atoms with van der Waals surface area (Å²) in [6, 6.07) is 18.2. The Morgan fingerprint density at radius 3 is 2.32 bits per heavy atom. The van der Waals surface area contributed by atoms with Crippen molar-refractivity contribution in [3.63, 3.8) is 0 Å². The summed E-state index contributed by atoms with van der Waals surface area (Å²) in [5, 5.41) is 0. The molecule has 4 heteroatoms. The first kappa shape index (κ1) is 16.2. The summed E-state index contributed by atoms with van der Waals surface area (Å²) in [7, 11) is 1.67. The number of hydrogen-bond donors (Lipinski definition) is 0. The molecule has 0 aliphatic carbocycles. The zero-order chi connectivity index (χ0) is 17.2. The molecule has 2 heterocycles. The maximum absolute atomic E-state index is 12.9. The number of benzene rings is 2. The SMILES string of the molecule is COc1ccc([C@H]2[C@@H](CN3CCCC3)C(=O)N2c2ccccc2)cc1. The standard InChI is InChI=1S/C21H24N2O2/c1-25-18-11-9-16(10-12-18)20-19(15-22-13-5-6-14-22)21(24)23(20)17-7-3-2-4-8-17/h2-4,7-12,19-20H,5-6,13-15H2,1H3/t19-,20+/m1/s1. The van der Waals surface area contributed by atoms with Crippen molar-refractivity contribution >= 4 is 11.6 Å². The predicted molar refractivity (Wildman–Crippen MR) is 98.8 cm³/mol. The maximum atomic E-state index is 12.9. The minimum atomic E-state index is 0.0340. The molecule has 130 valence electrons. The van der Waals surface area contributed by atoms with Gasteiger partial charge in [0.1, 0.15) is 5.75 Å². The molecular formula is C21H24N2O2. The van der Waals surface area contributed by atoms with Crippen molar-refractivity contribution in [2.24, 2.45) is 5.92 Å². The Balaban J connectivity index is 1.63. The Morgan fingerprint density at radius 2 is 1.68 bits per heavy atom. The lowest BCUT2D eigenvalue weighted by molar-refractivity contribution is -0.131. The molecule has 0 unspecified atom stereocenters. The summed E-state index contributed by atoms with van der Waals surface area (Å²) < 4.78 is 5.28. The molecule has 2 aliphatic rings. The molecule has 2 aliphatic heterocycles. The number of methoxy groups -OCH3 is 1. The van der Waals surface area contributed by atoms with Crippen molar-refractivity contribution in [2.45, 2.75) is 18.9 Å². The van der Waals surface area contributed by atoms with Crippen LogP contribution in [0, 0.1) is 5.92 Å². The molecule has 4 rings (SSSR count). The number of para-hydroxylation sites is 1. The van der Waals surface area contributed by atoms with Crippen LogP contribution < -0.4 is 9.64 Å². The van der Waals surface area contributed by atoms with Gasteiger partial charge >= 0.3 is 0 Å². The topological polar surface area (TPSA) is 32.8 Å². The Labute approximate surface area is 149 Å². The van der Waals surface area contributed by atoms with Crippen LogP contribution in [0.1, 0.15) is 24.4 Å². The van der Waals surface area contributed by atoms with Gasteiger partial charge in [0.15, 0.2) is 0 Å². The number of carbonyl (C=O) groups excluding carboxylic acids is 1. The zero-order valence-corrected chi connectivity index (χ0v) is 14.6. The highest BCUT2D eigenvalue weighted by molar-refractivity contribution is 6.03. The van der Waals surface area contributed by atoms with Crippen molar-refractivity contribution in [1.29, 1.82) is 0 Å². The fraction of sp³-hybridized carbons (Fsp3) is 0.381. The molecule has 2 aromatic carbocycles. The number of carbonyl (C=O) groups is 1. The summed E-state index contributed by atoms with van der Waals surface area (Å²) in [6.07, 6.45) is 2.49. The van der Waals surface area contributed by atoms with Crippen LogP contribution in [0.15, 0.2) is 54.6 Å². The summed E-state index contributed by atoms with van der Waals surface area (Å²) in [5.74, 6) is 1.11. The first-order chi connectivity index (χ1) is 12.3. The summed E-state index contributed by atoms with van der Waals surface area (Å²) >= 11 is 0. The third-order valence-corrected chi connectivity index (χ3v) is 5.36. The second-order valence-corrected chi connectivity index (χ2v) is 6.88. The molecule has 2 atom stereocenters. The van der Waals surface area contributed by atoms with Crippen LogP contribution >= 0.6 is 0 Å². The highest BCUT2D eigenvalue weighted by atomic mass is 16.5. The molecule has 0 aromatic heterocycles. The molecule has 2 saturated heterocycles. The van der Waals surface area contributed by atoms with Gasteiger partial charge in [-0.05, 0) is 55.8 Å². The van der Waals surface area contributed by atoms with Gasteiger partial charge in [0.05, 0.1) is 19.1 Å². The lowest BCUT2D eigenvalue weighted by Gasteiger charge is -2.48. The zero-order valence-electron chi connectivity index (χ0n) is 14.6. The van der Waals surface area contributed by atoms with Crippen LogP contribution in [0.4, 0.5) is 5.69 Å². The predicted octanol–water partition coefficient (Wildman–Crippen LogP) is 3.50. The molecule has 1 amide bonds. The molecular weight excluding hydrogens is 312 g/mol. The largest absolute Gasteiger partial charge is 0.497 e. The van der Waals surface area contributed by atoms with E-state index in [9.17, 15) is 4.79 Å². The Kier molecular flexibility index (Phi) is 4.45. The Bertz CT molecular complexity index is 723. The lowest BCUT2D eigenvalue weighted by Crippen LogP contribution is -2.58. The summed E-state index contributed by atoms with van der Waals surface area (Å²) in [4.78, 5) is 17.3. The smallest absolute Gasteiger partial charge is 0.234 e. The number of likely N-dealkylation sites (tertiary alicyclic amines) is 1. The van der Waals surface area contributed by atoms with E-state index in [0.29, 0.717) is 0 Å². The molecule has 2 fully saturated rings. The van der Waals surface area contributed by atoms with Gasteiger partial charge in [-0.25, -0.2) is 0 Å². The number of amides is 1. The first-order valence-electron chi connectivity index (χ1n) is 9.02. The third kappa shape index (κ3) is 3.02. The molecule has 25 heavy (non-hydrogen) atoms. The minimum absolute atomic E-state index is 0.0340. The summed E-state index contributed by atoms with van der Waals surface area (Å²) in [5.41, 5.74) is 2.15. The van der Waals surface area contributed by atoms with E-state index >= 15 is 0 Å². The molecule has 2 aromatic rings. The second-order valence-electron chi connectivity index (χ2n) is 6.88. The number of nitrogens with zero attached hydrogens (tertiary/aromatic N) is 2. The number of hydrogen-bond acceptors (Lipinski definition) is 3. The quantitative estimate of drug-likeness (QED) is 0.784. The molecule has 0 N–H and O–H groups in total. The van der Waals surface area contributed by atoms with E-state index < -0.39 is 0 Å². The van der Waals surface area contributed by atoms with Crippen molar-refractivity contribution < 1.29 is 9.53 Å². The van der Waals surface area contributed by atoms with E-state index in [4.69, 9.17) is 4.74 Å². The van der Waals surface area contributed by atoms with Gasteiger partial charge in [-0.2, -0.15) is 0 Å². The molecule has 0 bridgehead atoms. The Hall–Kier alpha value is -2.33. The molecule has 0 radical (unpaired) electrons. The number of β-lactam (4-membered cyclic amide) rings is 1. The van der Waals surface area contributed by atoms with Crippen molar-refractivity contribution in [2.75, 3.05) is 31.6 Å². The van der Waals surface area contributed by atoms with Crippen molar-refractivity contribution in [1.82, 2.24) is 4.90 Å². The van der Waals surface area contributed by atoms with Crippen LogP contribution in [-0.4, -0.2) is 37.6 Å². The van der Waals surface area contributed by atoms with E-state index in [0.717, 1.165) is 31.1 Å².